The summed E-state index contributed by atoms with van der Waals surface area (Å²) < 4.78 is 13.1. The molecule has 0 aliphatic carbocycles. The molecule has 0 aliphatic rings. The molecule has 0 saturated heterocycles. The Morgan fingerprint density at radius 1 is 1.47 bits per heavy atom. The smallest absolute Gasteiger partial charge is 0.238 e. The van der Waals surface area contributed by atoms with Crippen LogP contribution in [0.25, 0.3) is 0 Å². The number of aliphatic hydroxyl groups excluding tert-OH is 1. The Morgan fingerprint density at radius 3 is 2.74 bits per heavy atom. The van der Waals surface area contributed by atoms with Gasteiger partial charge in [0.15, 0.2) is 0 Å². The molecular weight excluding hydrogens is 247 g/mol. The summed E-state index contributed by atoms with van der Waals surface area (Å²) in [6.45, 7) is 6.33. The highest BCUT2D eigenvalue weighted by molar-refractivity contribution is 5.92. The van der Waals surface area contributed by atoms with Gasteiger partial charge in [0.2, 0.25) is 5.91 Å². The van der Waals surface area contributed by atoms with Crippen LogP contribution in [-0.2, 0) is 4.79 Å². The summed E-state index contributed by atoms with van der Waals surface area (Å²) in [6, 6.07) is 4.45. The predicted molar refractivity (Wildman–Crippen MR) is 73.6 cm³/mol. The molecule has 0 aliphatic heterocycles. The van der Waals surface area contributed by atoms with Crippen molar-refractivity contribution in [3.8, 4) is 0 Å². The zero-order chi connectivity index (χ0) is 14.4. The van der Waals surface area contributed by atoms with E-state index in [2.05, 4.69) is 5.32 Å². The van der Waals surface area contributed by atoms with Gasteiger partial charge in [-0.1, -0.05) is 6.07 Å². The van der Waals surface area contributed by atoms with Crippen molar-refractivity contribution in [1.29, 1.82) is 0 Å². The monoisotopic (exact) mass is 268 g/mol. The van der Waals surface area contributed by atoms with Crippen LogP contribution in [0.2, 0.25) is 0 Å². The quantitative estimate of drug-likeness (QED) is 0.827. The van der Waals surface area contributed by atoms with Gasteiger partial charge < -0.3 is 10.4 Å². The van der Waals surface area contributed by atoms with Crippen LogP contribution in [0.1, 0.15) is 19.4 Å². The minimum atomic E-state index is -0.378. The Bertz CT molecular complexity index is 435. The second-order valence-electron chi connectivity index (χ2n) is 4.80. The standard InChI is InChI=1S/C14H21FN2O2/c1-10(2)17(6-7-18)9-14(19)16-13-8-12(15)5-4-11(13)3/h4-5,8,10,18H,6-7,9H2,1-3H3,(H,16,19). The van der Waals surface area contributed by atoms with Gasteiger partial charge in [-0.3, -0.25) is 9.69 Å². The summed E-state index contributed by atoms with van der Waals surface area (Å²) >= 11 is 0. The molecule has 1 amide bonds. The number of nitrogens with zero attached hydrogens (tertiary/aromatic N) is 1. The molecule has 1 rings (SSSR count). The molecule has 4 nitrogen and oxygen atoms in total. The number of amides is 1. The van der Waals surface area contributed by atoms with Gasteiger partial charge in [0.25, 0.3) is 0 Å². The number of benzene rings is 1. The topological polar surface area (TPSA) is 52.6 Å². The van der Waals surface area contributed by atoms with E-state index in [1.807, 2.05) is 25.7 Å². The van der Waals surface area contributed by atoms with E-state index in [9.17, 15) is 9.18 Å². The van der Waals surface area contributed by atoms with E-state index < -0.39 is 0 Å². The normalized spacial score (nSPS) is 11.1. The van der Waals surface area contributed by atoms with Crippen molar-refractivity contribution in [2.75, 3.05) is 25.0 Å². The first-order valence-electron chi connectivity index (χ1n) is 6.35. The zero-order valence-corrected chi connectivity index (χ0v) is 11.6. The maximum absolute atomic E-state index is 13.1. The van der Waals surface area contributed by atoms with E-state index in [0.29, 0.717) is 12.2 Å². The van der Waals surface area contributed by atoms with Crippen molar-refractivity contribution in [1.82, 2.24) is 4.90 Å². The third-order valence-corrected chi connectivity index (χ3v) is 2.94. The molecule has 0 unspecified atom stereocenters. The van der Waals surface area contributed by atoms with Gasteiger partial charge in [0, 0.05) is 18.3 Å². The molecule has 1 aromatic carbocycles. The first-order valence-corrected chi connectivity index (χ1v) is 6.35. The molecule has 0 spiro atoms. The van der Waals surface area contributed by atoms with Crippen molar-refractivity contribution < 1.29 is 14.3 Å². The molecule has 0 aromatic heterocycles. The minimum absolute atomic E-state index is 0.00442. The van der Waals surface area contributed by atoms with Crippen molar-refractivity contribution in [3.63, 3.8) is 0 Å². The lowest BCUT2D eigenvalue weighted by molar-refractivity contribution is -0.117. The Labute approximate surface area is 113 Å². The van der Waals surface area contributed by atoms with Crippen LogP contribution in [0.5, 0.6) is 0 Å². The Morgan fingerprint density at radius 2 is 2.16 bits per heavy atom. The number of aryl methyl sites for hydroxylation is 1. The van der Waals surface area contributed by atoms with Gasteiger partial charge in [-0.05, 0) is 38.5 Å². The number of carbonyl (C=O) groups is 1. The number of nitrogens with one attached hydrogen (secondary N) is 1. The SMILES string of the molecule is Cc1ccc(F)cc1NC(=O)CN(CCO)C(C)C. The van der Waals surface area contributed by atoms with Crippen LogP contribution >= 0.6 is 0 Å². The summed E-state index contributed by atoms with van der Waals surface area (Å²) in [5, 5.41) is 11.6. The lowest BCUT2D eigenvalue weighted by Crippen LogP contribution is -2.39. The first kappa shape index (κ1) is 15.6. The van der Waals surface area contributed by atoms with Crippen molar-refractivity contribution in [2.24, 2.45) is 0 Å². The van der Waals surface area contributed by atoms with E-state index >= 15 is 0 Å². The summed E-state index contributed by atoms with van der Waals surface area (Å²) in [5.41, 5.74) is 1.30. The molecule has 2 N–H and O–H groups in total. The molecule has 0 bridgehead atoms. The summed E-state index contributed by atoms with van der Waals surface area (Å²) in [4.78, 5) is 13.8. The maximum atomic E-state index is 13.1. The lowest BCUT2D eigenvalue weighted by Gasteiger charge is -2.24. The van der Waals surface area contributed by atoms with Crippen LogP contribution in [0, 0.1) is 12.7 Å². The number of hydrogen-bond donors (Lipinski definition) is 2. The highest BCUT2D eigenvalue weighted by Gasteiger charge is 2.14. The van der Waals surface area contributed by atoms with E-state index in [1.165, 1.54) is 12.1 Å². The van der Waals surface area contributed by atoms with Crippen LogP contribution in [-0.4, -0.2) is 41.7 Å². The summed E-state index contributed by atoms with van der Waals surface area (Å²) in [7, 11) is 0. The minimum Gasteiger partial charge on any atom is -0.395 e. The number of aliphatic hydroxyl groups is 1. The molecule has 106 valence electrons. The fourth-order valence-electron chi connectivity index (χ4n) is 1.75. The van der Waals surface area contributed by atoms with E-state index in [4.69, 9.17) is 5.11 Å². The number of anilines is 1. The van der Waals surface area contributed by atoms with Gasteiger partial charge in [-0.15, -0.1) is 0 Å². The zero-order valence-electron chi connectivity index (χ0n) is 11.6. The highest BCUT2D eigenvalue weighted by atomic mass is 19.1. The van der Waals surface area contributed by atoms with Gasteiger partial charge in [0.05, 0.1) is 13.2 Å². The Hall–Kier alpha value is -1.46. The maximum Gasteiger partial charge on any atom is 0.238 e. The predicted octanol–water partition coefficient (Wildman–Crippen LogP) is 1.78. The molecule has 19 heavy (non-hydrogen) atoms. The largest absolute Gasteiger partial charge is 0.395 e. The Kier molecular flexibility index (Phi) is 5.92. The average Bonchev–Trinajstić information content (AvgIpc) is 2.33. The molecular formula is C14H21FN2O2. The van der Waals surface area contributed by atoms with Crippen molar-refractivity contribution >= 4 is 11.6 Å². The molecule has 0 radical (unpaired) electrons. The van der Waals surface area contributed by atoms with Crippen LogP contribution in [0.15, 0.2) is 18.2 Å². The van der Waals surface area contributed by atoms with E-state index in [-0.39, 0.29) is 30.9 Å². The molecule has 0 fully saturated rings. The second-order valence-corrected chi connectivity index (χ2v) is 4.80. The third-order valence-electron chi connectivity index (χ3n) is 2.94. The highest BCUT2D eigenvalue weighted by Crippen LogP contribution is 2.15. The number of hydrogen-bond acceptors (Lipinski definition) is 3. The van der Waals surface area contributed by atoms with E-state index in [0.717, 1.165) is 5.56 Å². The molecule has 1 aromatic rings. The van der Waals surface area contributed by atoms with Gasteiger partial charge >= 0.3 is 0 Å². The van der Waals surface area contributed by atoms with Gasteiger partial charge in [0.1, 0.15) is 5.82 Å². The lowest BCUT2D eigenvalue weighted by atomic mass is 10.2. The average molecular weight is 268 g/mol. The Balaban J connectivity index is 2.66. The van der Waals surface area contributed by atoms with Crippen LogP contribution < -0.4 is 5.32 Å². The number of carbonyl (C=O) groups excluding carboxylic acids is 1. The van der Waals surface area contributed by atoms with Crippen LogP contribution in [0.3, 0.4) is 0 Å². The molecule has 0 atom stereocenters. The number of rotatable bonds is 6. The summed E-state index contributed by atoms with van der Waals surface area (Å²) in [6.07, 6.45) is 0. The van der Waals surface area contributed by atoms with Crippen molar-refractivity contribution in [2.45, 2.75) is 26.8 Å². The molecule has 5 heteroatoms. The fraction of sp³-hybridized carbons (Fsp3) is 0.500. The second kappa shape index (κ2) is 7.21. The van der Waals surface area contributed by atoms with E-state index in [1.54, 1.807) is 6.07 Å². The molecule has 0 heterocycles. The number of halogens is 1. The van der Waals surface area contributed by atoms with Crippen LogP contribution in [0.4, 0.5) is 10.1 Å². The third kappa shape index (κ3) is 4.96. The summed E-state index contributed by atoms with van der Waals surface area (Å²) in [5.74, 6) is -0.590. The van der Waals surface area contributed by atoms with Gasteiger partial charge in [-0.2, -0.15) is 0 Å². The van der Waals surface area contributed by atoms with Crippen molar-refractivity contribution in [3.05, 3.63) is 29.6 Å². The molecule has 0 saturated carbocycles. The first-order chi connectivity index (χ1) is 8.93. The fourth-order valence-corrected chi connectivity index (χ4v) is 1.75. The van der Waals surface area contributed by atoms with Gasteiger partial charge in [-0.25, -0.2) is 4.39 Å².